The fourth-order valence-electron chi connectivity index (χ4n) is 2.67. The number of rotatable bonds is 3. The van der Waals surface area contributed by atoms with Gasteiger partial charge in [-0.15, -0.1) is 0 Å². The molecular weight excluding hydrogens is 294 g/mol. The van der Waals surface area contributed by atoms with Crippen molar-refractivity contribution in [3.63, 3.8) is 0 Å². The smallest absolute Gasteiger partial charge is 0.269 e. The largest absolute Gasteiger partial charge is 0.346 e. The van der Waals surface area contributed by atoms with Crippen molar-refractivity contribution in [1.29, 1.82) is 5.26 Å². The van der Waals surface area contributed by atoms with Crippen molar-refractivity contribution in [3.8, 4) is 6.07 Å². The van der Waals surface area contributed by atoms with E-state index >= 15 is 0 Å². The van der Waals surface area contributed by atoms with Crippen LogP contribution in [-0.4, -0.2) is 44.6 Å². The second kappa shape index (κ2) is 6.44. The van der Waals surface area contributed by atoms with Crippen LogP contribution in [0.1, 0.15) is 29.0 Å². The first-order valence-corrected chi connectivity index (χ1v) is 7.42. The summed E-state index contributed by atoms with van der Waals surface area (Å²) in [6.45, 7) is 1.44. The molecule has 8 heteroatoms. The number of piperidine rings is 1. The van der Waals surface area contributed by atoms with Crippen molar-refractivity contribution in [1.82, 2.24) is 24.8 Å². The van der Waals surface area contributed by atoms with E-state index in [1.165, 1.54) is 0 Å². The van der Waals surface area contributed by atoms with E-state index in [1.807, 2.05) is 11.0 Å². The Bertz CT molecular complexity index is 748. The van der Waals surface area contributed by atoms with Gasteiger partial charge in [-0.25, -0.2) is 15.0 Å². The highest BCUT2D eigenvalue weighted by atomic mass is 16.2. The molecule has 1 amide bonds. The van der Waals surface area contributed by atoms with Crippen LogP contribution in [0, 0.1) is 11.3 Å². The van der Waals surface area contributed by atoms with E-state index in [2.05, 4.69) is 20.3 Å². The Morgan fingerprint density at radius 2 is 2.39 bits per heavy atom. The lowest BCUT2D eigenvalue weighted by atomic mass is 10.1. The first-order chi connectivity index (χ1) is 11.2. The van der Waals surface area contributed by atoms with Crippen LogP contribution in [0.25, 0.3) is 0 Å². The van der Waals surface area contributed by atoms with Gasteiger partial charge in [-0.1, -0.05) is 0 Å². The number of nitrogens with zero attached hydrogens (tertiary/aromatic N) is 6. The quantitative estimate of drug-likeness (QED) is 0.885. The Kier molecular flexibility index (Phi) is 4.19. The summed E-state index contributed by atoms with van der Waals surface area (Å²) in [5.74, 6) is 0.395. The van der Waals surface area contributed by atoms with Crippen molar-refractivity contribution in [2.75, 3.05) is 18.0 Å². The van der Waals surface area contributed by atoms with Crippen molar-refractivity contribution in [2.24, 2.45) is 7.05 Å². The van der Waals surface area contributed by atoms with Crippen molar-refractivity contribution in [2.45, 2.75) is 18.9 Å². The summed E-state index contributed by atoms with van der Waals surface area (Å²) in [4.78, 5) is 26.7. The van der Waals surface area contributed by atoms with Crippen LogP contribution >= 0.6 is 0 Å². The van der Waals surface area contributed by atoms with E-state index in [9.17, 15) is 4.79 Å². The fraction of sp³-hybridized carbons (Fsp3) is 0.400. The minimum Gasteiger partial charge on any atom is -0.346 e. The van der Waals surface area contributed by atoms with Gasteiger partial charge in [0, 0.05) is 32.4 Å². The number of aromatic nitrogens is 4. The number of carbonyl (C=O) groups excluding carboxylic acids is 1. The molecule has 118 valence electrons. The second-order valence-corrected chi connectivity index (χ2v) is 5.50. The first-order valence-electron chi connectivity index (χ1n) is 7.42. The highest BCUT2D eigenvalue weighted by Crippen LogP contribution is 2.16. The zero-order valence-electron chi connectivity index (χ0n) is 12.8. The number of carbonyl (C=O) groups is 1. The minimum atomic E-state index is -0.136. The molecule has 3 heterocycles. The zero-order chi connectivity index (χ0) is 16.2. The number of aryl methyl sites for hydroxylation is 1. The Labute approximate surface area is 133 Å². The van der Waals surface area contributed by atoms with E-state index in [1.54, 1.807) is 36.4 Å². The predicted molar refractivity (Wildman–Crippen MR) is 82.7 cm³/mol. The average Bonchev–Trinajstić information content (AvgIpc) is 3.01. The van der Waals surface area contributed by atoms with Gasteiger partial charge >= 0.3 is 0 Å². The van der Waals surface area contributed by atoms with Crippen LogP contribution in [0.3, 0.4) is 0 Å². The van der Waals surface area contributed by atoms with E-state index in [0.717, 1.165) is 19.4 Å². The average molecular weight is 311 g/mol. The summed E-state index contributed by atoms with van der Waals surface area (Å²) in [7, 11) is 1.79. The number of nitriles is 1. The van der Waals surface area contributed by atoms with Crippen molar-refractivity contribution >= 4 is 11.9 Å². The summed E-state index contributed by atoms with van der Waals surface area (Å²) < 4.78 is 1.69. The maximum atomic E-state index is 12.3. The third-order valence-corrected chi connectivity index (χ3v) is 3.85. The molecule has 1 atom stereocenters. The van der Waals surface area contributed by atoms with Gasteiger partial charge in [0.1, 0.15) is 17.5 Å². The molecule has 0 spiro atoms. The van der Waals surface area contributed by atoms with Gasteiger partial charge in [0.15, 0.2) is 0 Å². The zero-order valence-corrected chi connectivity index (χ0v) is 12.8. The molecule has 1 aliphatic heterocycles. The number of imidazole rings is 1. The Hall–Kier alpha value is -2.95. The standard InChI is InChI=1S/C15H17N7O/c1-21-10-17-8-13(21)14(23)19-12-3-2-6-22(9-12)15-18-5-4-11(7-16)20-15/h4-5,8,10,12H,2-3,6,9H2,1H3,(H,19,23). The molecule has 0 saturated carbocycles. The number of anilines is 1. The van der Waals surface area contributed by atoms with Gasteiger partial charge in [-0.3, -0.25) is 4.79 Å². The molecule has 0 aromatic carbocycles. The molecule has 23 heavy (non-hydrogen) atoms. The van der Waals surface area contributed by atoms with Gasteiger partial charge in [-0.05, 0) is 18.9 Å². The molecule has 1 aliphatic rings. The Balaban J connectivity index is 1.67. The molecule has 1 saturated heterocycles. The number of amides is 1. The Morgan fingerprint density at radius 1 is 1.52 bits per heavy atom. The Morgan fingerprint density at radius 3 is 3.13 bits per heavy atom. The minimum absolute atomic E-state index is 0.0143. The van der Waals surface area contributed by atoms with Crippen molar-refractivity contribution in [3.05, 3.63) is 36.2 Å². The summed E-state index contributed by atoms with van der Waals surface area (Å²) in [6, 6.07) is 3.61. The van der Waals surface area contributed by atoms with Gasteiger partial charge in [0.2, 0.25) is 5.95 Å². The maximum absolute atomic E-state index is 12.3. The number of hydrogen-bond donors (Lipinski definition) is 1. The first kappa shape index (κ1) is 15.0. The molecule has 2 aromatic rings. The number of nitrogens with one attached hydrogen (secondary N) is 1. The second-order valence-electron chi connectivity index (χ2n) is 5.50. The van der Waals surface area contributed by atoms with Crippen LogP contribution in [0.5, 0.6) is 0 Å². The summed E-state index contributed by atoms with van der Waals surface area (Å²) in [5, 5.41) is 12.0. The van der Waals surface area contributed by atoms with E-state index < -0.39 is 0 Å². The monoisotopic (exact) mass is 311 g/mol. The van der Waals surface area contributed by atoms with Gasteiger partial charge in [0.25, 0.3) is 5.91 Å². The SMILES string of the molecule is Cn1cncc1C(=O)NC1CCCN(c2nccc(C#N)n2)C1. The lowest BCUT2D eigenvalue weighted by Crippen LogP contribution is -2.48. The van der Waals surface area contributed by atoms with Crippen molar-refractivity contribution < 1.29 is 4.79 Å². The molecule has 1 N–H and O–H groups in total. The lowest BCUT2D eigenvalue weighted by molar-refractivity contribution is 0.0924. The summed E-state index contributed by atoms with van der Waals surface area (Å²) in [5.41, 5.74) is 0.876. The van der Waals surface area contributed by atoms with Gasteiger partial charge < -0.3 is 14.8 Å². The molecule has 0 bridgehead atoms. The highest BCUT2D eigenvalue weighted by molar-refractivity contribution is 5.92. The van der Waals surface area contributed by atoms with Gasteiger partial charge in [-0.2, -0.15) is 5.26 Å². The van der Waals surface area contributed by atoms with Gasteiger partial charge in [0.05, 0.1) is 12.5 Å². The van der Waals surface area contributed by atoms with Crippen LogP contribution in [-0.2, 0) is 7.05 Å². The summed E-state index contributed by atoms with van der Waals surface area (Å²) >= 11 is 0. The molecule has 0 radical (unpaired) electrons. The van der Waals surface area contributed by atoms with Crippen LogP contribution in [0.15, 0.2) is 24.8 Å². The molecule has 1 unspecified atom stereocenters. The molecular formula is C15H17N7O. The molecule has 8 nitrogen and oxygen atoms in total. The third kappa shape index (κ3) is 3.29. The van der Waals surface area contributed by atoms with Crippen LogP contribution in [0.4, 0.5) is 5.95 Å². The fourth-order valence-corrected chi connectivity index (χ4v) is 2.67. The third-order valence-electron chi connectivity index (χ3n) is 3.85. The van der Waals surface area contributed by atoms with E-state index in [0.29, 0.717) is 23.9 Å². The van der Waals surface area contributed by atoms with Crippen LogP contribution < -0.4 is 10.2 Å². The maximum Gasteiger partial charge on any atom is 0.269 e. The molecule has 2 aromatic heterocycles. The molecule has 1 fully saturated rings. The van der Waals surface area contributed by atoms with E-state index in [-0.39, 0.29) is 11.9 Å². The number of hydrogen-bond acceptors (Lipinski definition) is 6. The highest BCUT2D eigenvalue weighted by Gasteiger charge is 2.24. The van der Waals surface area contributed by atoms with Crippen LogP contribution in [0.2, 0.25) is 0 Å². The normalized spacial score (nSPS) is 17.6. The summed E-state index contributed by atoms with van der Waals surface area (Å²) in [6.07, 6.45) is 6.56. The topological polar surface area (TPSA) is 99.7 Å². The lowest BCUT2D eigenvalue weighted by Gasteiger charge is -2.33. The molecule has 3 rings (SSSR count). The van der Waals surface area contributed by atoms with E-state index in [4.69, 9.17) is 5.26 Å². The molecule has 0 aliphatic carbocycles. The predicted octanol–water partition coefficient (Wildman–Crippen LogP) is 0.481.